The van der Waals surface area contributed by atoms with Crippen LogP contribution in [0.25, 0.3) is 0 Å². The third-order valence-corrected chi connectivity index (χ3v) is 2.81. The van der Waals surface area contributed by atoms with E-state index in [1.165, 1.54) is 6.92 Å². The third-order valence-electron chi connectivity index (χ3n) is 0.508. The number of rotatable bonds is 3. The summed E-state index contributed by atoms with van der Waals surface area (Å²) < 4.78 is 2.03. The molecule has 0 radical (unpaired) electrons. The van der Waals surface area contributed by atoms with E-state index in [0.717, 1.165) is 0 Å². The van der Waals surface area contributed by atoms with E-state index in [-0.39, 0.29) is 12.5 Å². The Hall–Kier alpha value is 0.120. The number of hydrogen-bond donors (Lipinski definition) is 3. The van der Waals surface area contributed by atoms with Crippen LogP contribution in [0.15, 0.2) is 0 Å². The monoisotopic (exact) mass is 245 g/mol. The van der Waals surface area contributed by atoms with Crippen molar-refractivity contribution in [3.63, 3.8) is 0 Å². The molecule has 9 heavy (non-hydrogen) atoms. The van der Waals surface area contributed by atoms with Crippen molar-refractivity contribution < 1.29 is 31.4 Å². The Morgan fingerprint density at radius 3 is 2.89 bits per heavy atom. The first-order valence-corrected chi connectivity index (χ1v) is 4.76. The number of carbonyl (C=O) groups excluding carboxylic acids is 1. The van der Waals surface area contributed by atoms with Gasteiger partial charge in [-0.2, -0.15) is 0 Å². The number of halogens is 1. The summed E-state index contributed by atoms with van der Waals surface area (Å²) in [5.41, 5.74) is 5.08. The molecule has 0 spiro atoms. The summed E-state index contributed by atoms with van der Waals surface area (Å²) in [6, 6.07) is 0. The molecule has 0 aromatic carbocycles. The van der Waals surface area contributed by atoms with Crippen LogP contribution in [-0.4, -0.2) is 21.7 Å². The predicted molar refractivity (Wildman–Crippen MR) is 28.9 cm³/mol. The zero-order valence-electron chi connectivity index (χ0n) is 5.10. The van der Waals surface area contributed by atoms with E-state index in [4.69, 9.17) is 10.8 Å². The number of nitrogens with one attached hydrogen (secondary N) is 1. The standard InChI is InChI=1S/C4H10IN2O2/c1-3(8)7-5-4(9)2-6/h4,9H,2,6H2,1H3,(H,7,8)/q-1. The van der Waals surface area contributed by atoms with E-state index in [0.29, 0.717) is 0 Å². The van der Waals surface area contributed by atoms with Crippen LogP contribution in [0.1, 0.15) is 6.92 Å². The van der Waals surface area contributed by atoms with E-state index in [2.05, 4.69) is 3.53 Å². The van der Waals surface area contributed by atoms with Crippen molar-refractivity contribution in [3.05, 3.63) is 0 Å². The molecule has 0 saturated carbocycles. The van der Waals surface area contributed by atoms with Gasteiger partial charge in [-0.15, -0.1) is 0 Å². The molecule has 0 aliphatic heterocycles. The Bertz CT molecular complexity index is 98.6. The van der Waals surface area contributed by atoms with Crippen LogP contribution in [-0.2, 0) is 4.79 Å². The Labute approximate surface area is 64.4 Å². The van der Waals surface area contributed by atoms with Gasteiger partial charge in [-0.05, 0) is 0 Å². The van der Waals surface area contributed by atoms with Gasteiger partial charge in [0.25, 0.3) is 0 Å². The zero-order chi connectivity index (χ0) is 7.28. The maximum atomic E-state index is 10.2. The van der Waals surface area contributed by atoms with E-state index >= 15 is 0 Å². The van der Waals surface area contributed by atoms with Gasteiger partial charge < -0.3 is 0 Å². The molecule has 0 aromatic heterocycles. The van der Waals surface area contributed by atoms with Gasteiger partial charge in [0, 0.05) is 0 Å². The molecule has 1 amide bonds. The second-order valence-corrected chi connectivity index (χ2v) is 4.03. The van der Waals surface area contributed by atoms with Crippen molar-refractivity contribution in [1.82, 2.24) is 3.53 Å². The molecule has 0 aliphatic carbocycles. The van der Waals surface area contributed by atoms with Gasteiger partial charge in [0.2, 0.25) is 0 Å². The van der Waals surface area contributed by atoms with Crippen LogP contribution in [0.4, 0.5) is 0 Å². The first-order chi connectivity index (χ1) is 4.16. The summed E-state index contributed by atoms with van der Waals surface area (Å²) in [6.45, 7) is 1.65. The summed E-state index contributed by atoms with van der Waals surface area (Å²) in [7, 11) is 0. The number of amides is 1. The molecule has 4 nitrogen and oxygen atoms in total. The van der Waals surface area contributed by atoms with E-state index in [9.17, 15) is 4.79 Å². The number of aliphatic hydroxyl groups excluding tert-OH is 1. The van der Waals surface area contributed by atoms with E-state index in [1.54, 1.807) is 0 Å². The van der Waals surface area contributed by atoms with E-state index in [1.807, 2.05) is 0 Å². The van der Waals surface area contributed by atoms with Crippen molar-refractivity contribution in [2.45, 2.75) is 11.0 Å². The molecular formula is C4H10IN2O2-. The summed E-state index contributed by atoms with van der Waals surface area (Å²) in [6.07, 6.45) is 0. The second-order valence-electron chi connectivity index (χ2n) is 1.43. The topological polar surface area (TPSA) is 75.3 Å². The fraction of sp³-hybridized carbons (Fsp3) is 0.750. The normalized spacial score (nSPS) is 13.2. The fourth-order valence-electron chi connectivity index (χ4n) is 0.184. The molecular weight excluding hydrogens is 235 g/mol. The third kappa shape index (κ3) is 6.00. The molecule has 5 heteroatoms. The van der Waals surface area contributed by atoms with Crippen LogP contribution in [0.3, 0.4) is 0 Å². The van der Waals surface area contributed by atoms with Crippen LogP contribution >= 0.6 is 0 Å². The minimum atomic E-state index is -0.647. The van der Waals surface area contributed by atoms with Gasteiger partial charge in [0.05, 0.1) is 0 Å². The van der Waals surface area contributed by atoms with Crippen molar-refractivity contribution in [2.24, 2.45) is 5.73 Å². The molecule has 0 aromatic rings. The Morgan fingerprint density at radius 2 is 2.56 bits per heavy atom. The molecule has 1 atom stereocenters. The Kier molecular flexibility index (Phi) is 5.02. The van der Waals surface area contributed by atoms with Gasteiger partial charge in [-0.25, -0.2) is 0 Å². The number of carbonyl (C=O) groups is 1. The summed E-state index contributed by atoms with van der Waals surface area (Å²) in [4.78, 5) is 10.2. The van der Waals surface area contributed by atoms with Crippen molar-refractivity contribution in [3.8, 4) is 0 Å². The number of alkyl halides is 1. The molecule has 0 fully saturated rings. The SMILES string of the molecule is CC(=O)N[I-]C(O)CN. The Balaban J connectivity index is 3.16. The maximum absolute atomic E-state index is 10.2. The first kappa shape index (κ1) is 9.12. The molecule has 56 valence electrons. The molecule has 0 bridgehead atoms. The molecule has 0 saturated heterocycles. The first-order valence-electron chi connectivity index (χ1n) is 2.44. The van der Waals surface area contributed by atoms with E-state index < -0.39 is 25.6 Å². The quantitative estimate of drug-likeness (QED) is 0.266. The van der Waals surface area contributed by atoms with Crippen LogP contribution < -0.4 is 30.7 Å². The summed E-state index contributed by atoms with van der Waals surface area (Å²) in [5.74, 6) is -0.102. The Morgan fingerprint density at radius 1 is 2.00 bits per heavy atom. The molecule has 0 heterocycles. The van der Waals surface area contributed by atoms with Gasteiger partial charge in [0.15, 0.2) is 0 Å². The predicted octanol–water partition coefficient (Wildman–Crippen LogP) is -4.60. The summed E-state index contributed by atoms with van der Waals surface area (Å²) >= 11 is -0.647. The molecule has 0 aliphatic rings. The van der Waals surface area contributed by atoms with Crippen molar-refractivity contribution >= 4 is 5.91 Å². The van der Waals surface area contributed by atoms with Crippen LogP contribution in [0, 0.1) is 0 Å². The number of nitrogens with two attached hydrogens (primary N) is 1. The van der Waals surface area contributed by atoms with Crippen molar-refractivity contribution in [2.75, 3.05) is 6.54 Å². The molecule has 1 unspecified atom stereocenters. The minimum absolute atomic E-state index is 0.102. The van der Waals surface area contributed by atoms with Crippen LogP contribution in [0.5, 0.6) is 0 Å². The van der Waals surface area contributed by atoms with Gasteiger partial charge in [-0.1, -0.05) is 0 Å². The fourth-order valence-corrected chi connectivity index (χ4v) is 1.24. The van der Waals surface area contributed by atoms with Gasteiger partial charge in [0.1, 0.15) is 0 Å². The van der Waals surface area contributed by atoms with Gasteiger partial charge in [-0.3, -0.25) is 0 Å². The average molecular weight is 245 g/mol. The molecule has 4 N–H and O–H groups in total. The van der Waals surface area contributed by atoms with Gasteiger partial charge >= 0.3 is 64.1 Å². The molecule has 0 rings (SSSR count). The number of aliphatic hydroxyl groups is 1. The summed E-state index contributed by atoms with van der Waals surface area (Å²) in [5, 5.41) is 8.82. The second kappa shape index (κ2) is 4.95. The van der Waals surface area contributed by atoms with Crippen LogP contribution in [0.2, 0.25) is 0 Å². The zero-order valence-corrected chi connectivity index (χ0v) is 7.25. The number of hydrogen-bond acceptors (Lipinski definition) is 3. The average Bonchev–Trinajstić information content (AvgIpc) is 1.83. The van der Waals surface area contributed by atoms with Crippen molar-refractivity contribution in [1.29, 1.82) is 0 Å².